The van der Waals surface area contributed by atoms with Crippen molar-refractivity contribution in [1.82, 2.24) is 0 Å². The van der Waals surface area contributed by atoms with E-state index >= 15 is 0 Å². The zero-order valence-corrected chi connectivity index (χ0v) is 14.1. The molecule has 0 saturated heterocycles. The van der Waals surface area contributed by atoms with Crippen LogP contribution in [0.1, 0.15) is 10.4 Å². The van der Waals surface area contributed by atoms with Crippen LogP contribution in [0.4, 0.5) is 15.8 Å². The average Bonchev–Trinajstić information content (AvgIpc) is 2.42. The second-order valence-electron chi connectivity index (χ2n) is 4.12. The lowest BCUT2D eigenvalue weighted by molar-refractivity contribution is 0.102. The van der Waals surface area contributed by atoms with Crippen LogP contribution in [0.25, 0.3) is 0 Å². The SMILES string of the molecule is COc1cccc(F)c1C(=O)Nc1c(N)cc(Br)cc1Br. The highest BCUT2D eigenvalue weighted by Gasteiger charge is 2.19. The number of benzene rings is 2. The first-order valence-corrected chi connectivity index (χ1v) is 7.41. The van der Waals surface area contributed by atoms with E-state index in [0.717, 1.165) is 4.47 Å². The van der Waals surface area contributed by atoms with Gasteiger partial charge in [0.1, 0.15) is 17.1 Å². The minimum atomic E-state index is -0.668. The maximum atomic E-state index is 13.9. The maximum absolute atomic E-state index is 13.9. The second kappa shape index (κ2) is 6.44. The number of anilines is 2. The topological polar surface area (TPSA) is 64.3 Å². The molecule has 0 spiro atoms. The van der Waals surface area contributed by atoms with Crippen LogP contribution >= 0.6 is 31.9 Å². The van der Waals surface area contributed by atoms with Crippen molar-refractivity contribution in [2.75, 3.05) is 18.2 Å². The van der Waals surface area contributed by atoms with Gasteiger partial charge in [0.05, 0.1) is 18.5 Å². The highest BCUT2D eigenvalue weighted by molar-refractivity contribution is 9.11. The Labute approximate surface area is 137 Å². The lowest BCUT2D eigenvalue weighted by Gasteiger charge is -2.13. The highest BCUT2D eigenvalue weighted by Crippen LogP contribution is 2.33. The number of amides is 1. The van der Waals surface area contributed by atoms with Gasteiger partial charge in [0.2, 0.25) is 0 Å². The first-order chi connectivity index (χ1) is 9.93. The summed E-state index contributed by atoms with van der Waals surface area (Å²) in [6, 6.07) is 7.54. The minimum Gasteiger partial charge on any atom is -0.496 e. The van der Waals surface area contributed by atoms with E-state index < -0.39 is 11.7 Å². The fourth-order valence-corrected chi connectivity index (χ4v) is 3.15. The number of nitrogens with one attached hydrogen (secondary N) is 1. The molecule has 2 aromatic rings. The highest BCUT2D eigenvalue weighted by atomic mass is 79.9. The third-order valence-corrected chi connectivity index (χ3v) is 3.83. The number of halogens is 3. The Morgan fingerprint density at radius 2 is 2.05 bits per heavy atom. The molecule has 21 heavy (non-hydrogen) atoms. The summed E-state index contributed by atoms with van der Waals surface area (Å²) in [4.78, 5) is 12.3. The van der Waals surface area contributed by atoms with Crippen LogP contribution in [0.5, 0.6) is 5.75 Å². The third-order valence-electron chi connectivity index (χ3n) is 2.75. The van der Waals surface area contributed by atoms with Gasteiger partial charge in [0.15, 0.2) is 0 Å². The number of carbonyl (C=O) groups excluding carboxylic acids is 1. The second-order valence-corrected chi connectivity index (χ2v) is 5.89. The first kappa shape index (κ1) is 15.8. The number of nitrogen functional groups attached to an aromatic ring is 1. The standard InChI is InChI=1S/C14H11Br2FN2O2/c1-21-11-4-2-3-9(17)12(11)14(20)19-13-8(16)5-7(15)6-10(13)18/h2-6H,18H2,1H3,(H,19,20). The monoisotopic (exact) mass is 416 g/mol. The summed E-state index contributed by atoms with van der Waals surface area (Å²) in [5, 5.41) is 2.59. The number of nitrogens with two attached hydrogens (primary N) is 1. The molecule has 0 saturated carbocycles. The fourth-order valence-electron chi connectivity index (χ4n) is 1.80. The molecule has 0 aliphatic carbocycles. The molecule has 3 N–H and O–H groups in total. The molecular formula is C14H11Br2FN2O2. The summed E-state index contributed by atoms with van der Waals surface area (Å²) in [5.41, 5.74) is 6.40. The number of ether oxygens (including phenoxy) is 1. The summed E-state index contributed by atoms with van der Waals surface area (Å²) in [6.07, 6.45) is 0. The molecule has 0 heterocycles. The van der Waals surface area contributed by atoms with E-state index in [2.05, 4.69) is 37.2 Å². The van der Waals surface area contributed by atoms with Gasteiger partial charge >= 0.3 is 0 Å². The van der Waals surface area contributed by atoms with E-state index in [1.54, 1.807) is 12.1 Å². The molecule has 4 nitrogen and oxygen atoms in total. The zero-order valence-electron chi connectivity index (χ0n) is 10.9. The van der Waals surface area contributed by atoms with Crippen molar-refractivity contribution in [3.05, 3.63) is 50.7 Å². The van der Waals surface area contributed by atoms with Gasteiger partial charge in [0.25, 0.3) is 5.91 Å². The van der Waals surface area contributed by atoms with E-state index in [1.807, 2.05) is 0 Å². The van der Waals surface area contributed by atoms with Crippen molar-refractivity contribution in [1.29, 1.82) is 0 Å². The molecule has 0 unspecified atom stereocenters. The Balaban J connectivity index is 2.40. The predicted molar refractivity (Wildman–Crippen MR) is 87.2 cm³/mol. The fraction of sp³-hybridized carbons (Fsp3) is 0.0714. The van der Waals surface area contributed by atoms with Gasteiger partial charge in [-0.3, -0.25) is 4.79 Å². The van der Waals surface area contributed by atoms with Crippen molar-refractivity contribution in [2.24, 2.45) is 0 Å². The molecule has 0 atom stereocenters. The Morgan fingerprint density at radius 1 is 1.33 bits per heavy atom. The molecule has 0 bridgehead atoms. The van der Waals surface area contributed by atoms with Crippen LogP contribution in [-0.2, 0) is 0 Å². The van der Waals surface area contributed by atoms with Crippen molar-refractivity contribution >= 4 is 49.1 Å². The number of rotatable bonds is 3. The van der Waals surface area contributed by atoms with Gasteiger partial charge in [-0.15, -0.1) is 0 Å². The molecule has 7 heteroatoms. The van der Waals surface area contributed by atoms with E-state index in [9.17, 15) is 9.18 Å². The molecule has 0 fully saturated rings. The van der Waals surface area contributed by atoms with Gasteiger partial charge in [-0.2, -0.15) is 0 Å². The molecule has 0 aliphatic heterocycles. The largest absolute Gasteiger partial charge is 0.496 e. The van der Waals surface area contributed by atoms with Crippen LogP contribution in [0.15, 0.2) is 39.3 Å². The Bertz CT molecular complexity index is 684. The number of hydrogen-bond acceptors (Lipinski definition) is 3. The molecule has 0 aliphatic rings. The summed E-state index contributed by atoms with van der Waals surface area (Å²) in [6.45, 7) is 0. The van der Waals surface area contributed by atoms with E-state index in [1.165, 1.54) is 25.3 Å². The number of carbonyl (C=O) groups is 1. The number of methoxy groups -OCH3 is 1. The van der Waals surface area contributed by atoms with Crippen LogP contribution in [0, 0.1) is 5.82 Å². The zero-order chi connectivity index (χ0) is 15.6. The van der Waals surface area contributed by atoms with E-state index in [0.29, 0.717) is 15.8 Å². The van der Waals surface area contributed by atoms with E-state index in [-0.39, 0.29) is 11.3 Å². The average molecular weight is 418 g/mol. The summed E-state index contributed by atoms with van der Waals surface area (Å²) >= 11 is 6.59. The smallest absolute Gasteiger partial charge is 0.262 e. The summed E-state index contributed by atoms with van der Waals surface area (Å²) < 4.78 is 20.2. The van der Waals surface area contributed by atoms with Gasteiger partial charge in [0, 0.05) is 8.95 Å². The molecule has 0 aromatic heterocycles. The molecule has 1 amide bonds. The summed E-state index contributed by atoms with van der Waals surface area (Å²) in [7, 11) is 1.37. The molecular weight excluding hydrogens is 407 g/mol. The lowest BCUT2D eigenvalue weighted by Crippen LogP contribution is -2.16. The third kappa shape index (κ3) is 3.36. The van der Waals surface area contributed by atoms with Gasteiger partial charge in [-0.1, -0.05) is 22.0 Å². The number of hydrogen-bond donors (Lipinski definition) is 2. The predicted octanol–water partition coefficient (Wildman–Crippen LogP) is 4.19. The normalized spacial score (nSPS) is 10.3. The van der Waals surface area contributed by atoms with Gasteiger partial charge in [-0.05, 0) is 40.2 Å². The van der Waals surface area contributed by atoms with Crippen molar-refractivity contribution < 1.29 is 13.9 Å². The Hall–Kier alpha value is -1.60. The lowest BCUT2D eigenvalue weighted by atomic mass is 10.1. The Kier molecular flexibility index (Phi) is 4.84. The van der Waals surface area contributed by atoms with Crippen molar-refractivity contribution in [3.8, 4) is 5.75 Å². The van der Waals surface area contributed by atoms with Crippen LogP contribution < -0.4 is 15.8 Å². The molecule has 0 radical (unpaired) electrons. The maximum Gasteiger partial charge on any atom is 0.262 e. The Morgan fingerprint density at radius 3 is 2.67 bits per heavy atom. The van der Waals surface area contributed by atoms with Crippen LogP contribution in [0.2, 0.25) is 0 Å². The quantitative estimate of drug-likeness (QED) is 0.735. The molecule has 2 aromatic carbocycles. The first-order valence-electron chi connectivity index (χ1n) is 5.82. The van der Waals surface area contributed by atoms with Crippen LogP contribution in [0.3, 0.4) is 0 Å². The molecule has 110 valence electrons. The van der Waals surface area contributed by atoms with Crippen LogP contribution in [-0.4, -0.2) is 13.0 Å². The van der Waals surface area contributed by atoms with Gasteiger partial charge in [-0.25, -0.2) is 4.39 Å². The van der Waals surface area contributed by atoms with E-state index in [4.69, 9.17) is 10.5 Å². The minimum absolute atomic E-state index is 0.152. The summed E-state index contributed by atoms with van der Waals surface area (Å²) in [5.74, 6) is -1.15. The van der Waals surface area contributed by atoms with Gasteiger partial charge < -0.3 is 15.8 Å². The van der Waals surface area contributed by atoms with Crippen molar-refractivity contribution in [2.45, 2.75) is 0 Å². The molecule has 2 rings (SSSR count). The van der Waals surface area contributed by atoms with Crippen molar-refractivity contribution in [3.63, 3.8) is 0 Å².